The topological polar surface area (TPSA) is 33.1 Å². The van der Waals surface area contributed by atoms with E-state index in [4.69, 9.17) is 0 Å². The van der Waals surface area contributed by atoms with Gasteiger partial charge < -0.3 is 10.2 Å². The molecule has 0 aromatic carbocycles. The average Bonchev–Trinajstić information content (AvgIpc) is 3.17. The molecule has 5 heteroatoms. The standard InChI is InChI=1S/C15H26N4.ClH/c1-13-10-17-19(12-13)9-8-18-6-4-15(5-7-18)16-11-14-2-3-14;/h10,12,14-16H,2-9,11H2,1H3;1H. The van der Waals surface area contributed by atoms with E-state index in [1.54, 1.807) is 0 Å². The molecule has 3 rings (SSSR count). The van der Waals surface area contributed by atoms with Crippen molar-refractivity contribution in [1.82, 2.24) is 20.0 Å². The van der Waals surface area contributed by atoms with E-state index in [1.807, 2.05) is 6.20 Å². The number of aryl methyl sites for hydroxylation is 1. The predicted octanol–water partition coefficient (Wildman–Crippen LogP) is 2.08. The van der Waals surface area contributed by atoms with Crippen LogP contribution in [0.5, 0.6) is 0 Å². The molecule has 114 valence electrons. The minimum Gasteiger partial charge on any atom is -0.314 e. The van der Waals surface area contributed by atoms with Crippen molar-refractivity contribution >= 4 is 12.4 Å². The molecule has 1 saturated heterocycles. The van der Waals surface area contributed by atoms with Crippen LogP contribution in [0.2, 0.25) is 0 Å². The molecule has 1 saturated carbocycles. The van der Waals surface area contributed by atoms with Gasteiger partial charge in [-0.1, -0.05) is 0 Å². The zero-order valence-corrected chi connectivity index (χ0v) is 13.2. The Balaban J connectivity index is 0.00000147. The molecule has 2 heterocycles. The van der Waals surface area contributed by atoms with Gasteiger partial charge in [-0.2, -0.15) is 5.10 Å². The number of halogens is 1. The highest BCUT2D eigenvalue weighted by Crippen LogP contribution is 2.28. The largest absolute Gasteiger partial charge is 0.314 e. The molecule has 2 aliphatic rings. The van der Waals surface area contributed by atoms with Crippen molar-refractivity contribution in [2.24, 2.45) is 5.92 Å². The normalized spacial score (nSPS) is 20.9. The molecule has 0 bridgehead atoms. The summed E-state index contributed by atoms with van der Waals surface area (Å²) in [4.78, 5) is 2.58. The maximum atomic E-state index is 4.35. The Labute approximate surface area is 128 Å². The number of piperidine rings is 1. The Morgan fingerprint density at radius 3 is 2.55 bits per heavy atom. The third kappa shape index (κ3) is 4.76. The first-order valence-electron chi connectivity index (χ1n) is 7.74. The lowest BCUT2D eigenvalue weighted by atomic mass is 10.0. The van der Waals surface area contributed by atoms with Gasteiger partial charge in [0.25, 0.3) is 0 Å². The summed E-state index contributed by atoms with van der Waals surface area (Å²) in [6.45, 7) is 7.99. The summed E-state index contributed by atoms with van der Waals surface area (Å²) in [6, 6.07) is 0.767. The molecule has 2 fully saturated rings. The highest BCUT2D eigenvalue weighted by Gasteiger charge is 2.24. The van der Waals surface area contributed by atoms with Gasteiger partial charge in [-0.05, 0) is 63.7 Å². The third-order valence-electron chi connectivity index (χ3n) is 4.39. The van der Waals surface area contributed by atoms with E-state index in [2.05, 4.69) is 33.1 Å². The summed E-state index contributed by atoms with van der Waals surface area (Å²) < 4.78 is 2.06. The highest BCUT2D eigenvalue weighted by atomic mass is 35.5. The smallest absolute Gasteiger partial charge is 0.0536 e. The fourth-order valence-electron chi connectivity index (χ4n) is 2.85. The van der Waals surface area contributed by atoms with Crippen LogP contribution in [0.3, 0.4) is 0 Å². The Morgan fingerprint density at radius 2 is 1.95 bits per heavy atom. The van der Waals surface area contributed by atoms with Crippen LogP contribution in [-0.2, 0) is 6.54 Å². The molecule has 1 aliphatic heterocycles. The van der Waals surface area contributed by atoms with Crippen LogP contribution in [-0.4, -0.2) is 46.9 Å². The molecule has 0 radical (unpaired) electrons. The number of aromatic nitrogens is 2. The lowest BCUT2D eigenvalue weighted by Gasteiger charge is -2.32. The monoisotopic (exact) mass is 298 g/mol. The SMILES string of the molecule is Cc1cnn(CCN2CCC(NCC3CC3)CC2)c1.Cl. The van der Waals surface area contributed by atoms with Crippen LogP contribution in [0, 0.1) is 12.8 Å². The predicted molar refractivity (Wildman–Crippen MR) is 84.4 cm³/mol. The molecule has 1 aromatic rings. The number of nitrogens with one attached hydrogen (secondary N) is 1. The quantitative estimate of drug-likeness (QED) is 0.873. The van der Waals surface area contributed by atoms with E-state index in [1.165, 1.54) is 50.9 Å². The second-order valence-corrected chi connectivity index (χ2v) is 6.25. The third-order valence-corrected chi connectivity index (χ3v) is 4.39. The van der Waals surface area contributed by atoms with E-state index in [-0.39, 0.29) is 12.4 Å². The molecular weight excluding hydrogens is 272 g/mol. The first-order chi connectivity index (χ1) is 9.29. The Morgan fingerprint density at radius 1 is 1.20 bits per heavy atom. The van der Waals surface area contributed by atoms with Gasteiger partial charge in [0.05, 0.1) is 12.7 Å². The van der Waals surface area contributed by atoms with Gasteiger partial charge in [-0.3, -0.25) is 4.68 Å². The molecule has 0 atom stereocenters. The van der Waals surface area contributed by atoms with Crippen LogP contribution in [0.1, 0.15) is 31.2 Å². The fourth-order valence-corrected chi connectivity index (χ4v) is 2.85. The lowest BCUT2D eigenvalue weighted by molar-refractivity contribution is 0.189. The molecule has 0 spiro atoms. The highest BCUT2D eigenvalue weighted by molar-refractivity contribution is 5.85. The zero-order valence-electron chi connectivity index (χ0n) is 12.4. The molecule has 0 unspecified atom stereocenters. The second kappa shape index (κ2) is 7.43. The molecule has 0 amide bonds. The summed E-state index contributed by atoms with van der Waals surface area (Å²) in [6.07, 6.45) is 9.60. The molecule has 1 aliphatic carbocycles. The summed E-state index contributed by atoms with van der Waals surface area (Å²) in [5, 5.41) is 8.09. The van der Waals surface area contributed by atoms with Crippen molar-refractivity contribution in [3.63, 3.8) is 0 Å². The molecule has 4 nitrogen and oxygen atoms in total. The first-order valence-corrected chi connectivity index (χ1v) is 7.74. The Hall–Kier alpha value is -0.580. The van der Waals surface area contributed by atoms with Gasteiger partial charge in [0.2, 0.25) is 0 Å². The van der Waals surface area contributed by atoms with Crippen LogP contribution in [0.25, 0.3) is 0 Å². The first kappa shape index (κ1) is 15.8. The maximum Gasteiger partial charge on any atom is 0.0536 e. The van der Waals surface area contributed by atoms with Crippen LogP contribution >= 0.6 is 12.4 Å². The lowest BCUT2D eigenvalue weighted by Crippen LogP contribution is -2.43. The van der Waals surface area contributed by atoms with Crippen LogP contribution in [0.4, 0.5) is 0 Å². The van der Waals surface area contributed by atoms with Gasteiger partial charge in [-0.15, -0.1) is 12.4 Å². The van der Waals surface area contributed by atoms with E-state index >= 15 is 0 Å². The van der Waals surface area contributed by atoms with Crippen molar-refractivity contribution in [2.45, 2.75) is 45.2 Å². The number of rotatable bonds is 6. The number of likely N-dealkylation sites (tertiary alicyclic amines) is 1. The fraction of sp³-hybridized carbons (Fsp3) is 0.800. The molecule has 20 heavy (non-hydrogen) atoms. The van der Waals surface area contributed by atoms with Crippen molar-refractivity contribution in [1.29, 1.82) is 0 Å². The minimum absolute atomic E-state index is 0. The van der Waals surface area contributed by atoms with Gasteiger partial charge in [0.1, 0.15) is 0 Å². The van der Waals surface area contributed by atoms with E-state index in [9.17, 15) is 0 Å². The Bertz CT molecular complexity index is 394. The van der Waals surface area contributed by atoms with Crippen LogP contribution in [0.15, 0.2) is 12.4 Å². The van der Waals surface area contributed by atoms with E-state index in [0.29, 0.717) is 0 Å². The molecular formula is C15H27ClN4. The number of nitrogens with zero attached hydrogens (tertiary/aromatic N) is 3. The van der Waals surface area contributed by atoms with Gasteiger partial charge in [0.15, 0.2) is 0 Å². The number of hydrogen-bond donors (Lipinski definition) is 1. The van der Waals surface area contributed by atoms with Crippen molar-refractivity contribution < 1.29 is 0 Å². The Kier molecular flexibility index (Phi) is 5.87. The number of hydrogen-bond acceptors (Lipinski definition) is 3. The summed E-state index contributed by atoms with van der Waals surface area (Å²) in [5.41, 5.74) is 1.25. The van der Waals surface area contributed by atoms with E-state index in [0.717, 1.165) is 25.0 Å². The van der Waals surface area contributed by atoms with Crippen LogP contribution < -0.4 is 5.32 Å². The second-order valence-electron chi connectivity index (χ2n) is 6.25. The van der Waals surface area contributed by atoms with E-state index < -0.39 is 0 Å². The van der Waals surface area contributed by atoms with Crippen molar-refractivity contribution in [3.8, 4) is 0 Å². The van der Waals surface area contributed by atoms with Crippen molar-refractivity contribution in [3.05, 3.63) is 18.0 Å². The summed E-state index contributed by atoms with van der Waals surface area (Å²) >= 11 is 0. The molecule has 1 N–H and O–H groups in total. The summed E-state index contributed by atoms with van der Waals surface area (Å²) in [5.74, 6) is 1.00. The van der Waals surface area contributed by atoms with Crippen molar-refractivity contribution in [2.75, 3.05) is 26.2 Å². The van der Waals surface area contributed by atoms with Gasteiger partial charge >= 0.3 is 0 Å². The summed E-state index contributed by atoms with van der Waals surface area (Å²) in [7, 11) is 0. The molecule has 1 aromatic heterocycles. The maximum absolute atomic E-state index is 4.35. The zero-order chi connectivity index (χ0) is 13.1. The minimum atomic E-state index is 0. The average molecular weight is 299 g/mol. The van der Waals surface area contributed by atoms with Gasteiger partial charge in [-0.25, -0.2) is 0 Å². The van der Waals surface area contributed by atoms with Gasteiger partial charge in [0, 0.05) is 18.8 Å².